The summed E-state index contributed by atoms with van der Waals surface area (Å²) in [5.41, 5.74) is 0. The topological polar surface area (TPSA) is 0 Å². The van der Waals surface area contributed by atoms with Crippen LogP contribution in [0.2, 0.25) is 0 Å². The molecule has 0 rings (SSSR count). The van der Waals surface area contributed by atoms with Gasteiger partial charge in [-0.05, 0) is 0 Å². The van der Waals surface area contributed by atoms with Crippen LogP contribution in [0.25, 0.3) is 0 Å². The van der Waals surface area contributed by atoms with Crippen LogP contribution in [-0.4, -0.2) is 97.6 Å². The molecule has 0 aliphatic carbocycles. The van der Waals surface area contributed by atoms with E-state index in [2.05, 4.69) is 0 Å². The first-order valence-corrected chi connectivity index (χ1v) is 0. The van der Waals surface area contributed by atoms with Crippen molar-refractivity contribution in [2.45, 2.75) is 0 Å². The van der Waals surface area contributed by atoms with E-state index >= 15 is 0 Å². The molecule has 0 spiro atoms. The van der Waals surface area contributed by atoms with Gasteiger partial charge >= 0.3 is 97.6 Å². The summed E-state index contributed by atoms with van der Waals surface area (Å²) in [6.07, 6.45) is 0. The van der Waals surface area contributed by atoms with Gasteiger partial charge in [-0.2, -0.15) is 0 Å². The van der Waals surface area contributed by atoms with Crippen LogP contribution in [0.4, 0.5) is 0 Å². The minimum absolute atomic E-state index is 0. The molecule has 5 heavy (non-hydrogen) atoms. The predicted molar refractivity (Wildman–Crippen MR) is 36.4 cm³/mol. The monoisotopic (exact) mass is 536 g/mol. The van der Waals surface area contributed by atoms with Crippen LogP contribution < -0.4 is 0 Å². The van der Waals surface area contributed by atoms with Crippen molar-refractivity contribution >= 4 is 97.6 Å². The summed E-state index contributed by atoms with van der Waals surface area (Å²) in [6, 6.07) is 0. The molecular formula is H10BiCrMgSbSn. The van der Waals surface area contributed by atoms with Crippen molar-refractivity contribution < 1.29 is 20.2 Å². The van der Waals surface area contributed by atoms with Gasteiger partial charge in [-0.15, -0.1) is 0 Å². The Balaban J connectivity index is 0. The summed E-state index contributed by atoms with van der Waals surface area (Å²) in [7, 11) is 0. The SMILES string of the molecule is [BiH3].[Cr].[H-].[H-].[Mg+2].[SbH3].[SnH2]. The fraction of sp³-hybridized carbons (Fsp3) is 0. The molecule has 0 N–H and O–H groups in total. The van der Waals surface area contributed by atoms with Crippen LogP contribution in [0.5, 0.6) is 0 Å². The Bertz CT molecular complexity index is 17.7. The van der Waals surface area contributed by atoms with E-state index in [4.69, 9.17) is 0 Å². The summed E-state index contributed by atoms with van der Waals surface area (Å²) in [5, 5.41) is 0. The Morgan fingerprint density at radius 2 is 1.20 bits per heavy atom. The molecule has 0 heterocycles. The van der Waals surface area contributed by atoms with E-state index in [1.165, 1.54) is 0 Å². The van der Waals surface area contributed by atoms with Crippen molar-refractivity contribution in [3.05, 3.63) is 0 Å². The Labute approximate surface area is 115 Å². The standard InChI is InChI=1S/Bi.Cr.Mg.Sb.Sn.10H/q;;+2;;;;;;;;;;;2*-1. The molecule has 0 saturated carbocycles. The third-order valence-corrected chi connectivity index (χ3v) is 0. The van der Waals surface area contributed by atoms with Gasteiger partial charge in [-0.3, -0.25) is 0 Å². The zero-order valence-corrected chi connectivity index (χ0v) is 19.5. The molecule has 0 atom stereocenters. The summed E-state index contributed by atoms with van der Waals surface area (Å²) >= 11 is 0. The summed E-state index contributed by atoms with van der Waals surface area (Å²) < 4.78 is 0. The fourth-order valence-electron chi connectivity index (χ4n) is 0. The van der Waals surface area contributed by atoms with Crippen LogP contribution >= 0.6 is 0 Å². The van der Waals surface area contributed by atoms with E-state index in [1.807, 2.05) is 0 Å². The van der Waals surface area contributed by atoms with Gasteiger partial charge in [0.15, 0.2) is 0 Å². The van der Waals surface area contributed by atoms with Crippen LogP contribution in [-0.2, 0) is 17.4 Å². The molecule has 0 saturated heterocycles. The zero-order chi connectivity index (χ0) is 0. The second-order valence-corrected chi connectivity index (χ2v) is 0. The molecular weight excluding hydrogens is 526 g/mol. The van der Waals surface area contributed by atoms with E-state index < -0.39 is 0 Å². The average molecular weight is 536 g/mol. The average Bonchev–Trinajstić information content (AvgIpc) is 0. The fourth-order valence-corrected chi connectivity index (χ4v) is 0. The molecule has 32 valence electrons. The van der Waals surface area contributed by atoms with Crippen molar-refractivity contribution in [2.75, 3.05) is 0 Å². The molecule has 0 bridgehead atoms. The molecule has 0 fully saturated rings. The second kappa shape index (κ2) is 25.0. The molecule has 0 unspecified atom stereocenters. The van der Waals surface area contributed by atoms with Crippen molar-refractivity contribution in [3.8, 4) is 0 Å². The van der Waals surface area contributed by atoms with E-state index in [1.54, 1.807) is 0 Å². The molecule has 0 nitrogen and oxygen atoms in total. The second-order valence-electron chi connectivity index (χ2n) is 0. The van der Waals surface area contributed by atoms with Gasteiger partial charge in [-0.25, -0.2) is 0 Å². The summed E-state index contributed by atoms with van der Waals surface area (Å²) in [6.45, 7) is 0. The van der Waals surface area contributed by atoms with Gasteiger partial charge in [0.25, 0.3) is 0 Å². The number of hydrogen-bond donors (Lipinski definition) is 0. The molecule has 0 aliphatic rings. The van der Waals surface area contributed by atoms with Crippen molar-refractivity contribution in [3.63, 3.8) is 0 Å². The molecule has 0 aliphatic heterocycles. The summed E-state index contributed by atoms with van der Waals surface area (Å²) in [5.74, 6) is 0. The van der Waals surface area contributed by atoms with Crippen LogP contribution in [0.3, 0.4) is 0 Å². The molecule has 0 aromatic rings. The summed E-state index contributed by atoms with van der Waals surface area (Å²) in [4.78, 5) is 0. The van der Waals surface area contributed by atoms with Crippen LogP contribution in [0.15, 0.2) is 0 Å². The molecule has 5 heteroatoms. The quantitative estimate of drug-likeness (QED) is 0.283. The Kier molecular flexibility index (Phi) is 185. The first-order valence-electron chi connectivity index (χ1n) is 0. The normalized spacial score (nSPS) is 0. The third kappa shape index (κ3) is 18.2. The van der Waals surface area contributed by atoms with Crippen molar-refractivity contribution in [2.24, 2.45) is 0 Å². The van der Waals surface area contributed by atoms with E-state index in [0.717, 1.165) is 0 Å². The predicted octanol–water partition coefficient (Wildman–Crippen LogP) is -3.44. The molecule has 2 radical (unpaired) electrons. The Morgan fingerprint density at radius 1 is 1.20 bits per heavy atom. The minimum atomic E-state index is 0. The van der Waals surface area contributed by atoms with Gasteiger partial charge < -0.3 is 2.85 Å². The first-order chi connectivity index (χ1) is 0. The maximum atomic E-state index is 0. The van der Waals surface area contributed by atoms with Crippen molar-refractivity contribution in [1.29, 1.82) is 0 Å². The van der Waals surface area contributed by atoms with Crippen LogP contribution in [0, 0.1) is 0 Å². The van der Waals surface area contributed by atoms with Gasteiger partial charge in [-0.1, -0.05) is 0 Å². The van der Waals surface area contributed by atoms with Crippen LogP contribution in [0.1, 0.15) is 2.85 Å². The zero-order valence-electron chi connectivity index (χ0n) is 5.24. The van der Waals surface area contributed by atoms with E-state index in [9.17, 15) is 0 Å². The molecule has 0 aromatic heterocycles. The molecule has 0 aromatic carbocycles. The van der Waals surface area contributed by atoms with Crippen molar-refractivity contribution in [1.82, 2.24) is 0 Å². The Morgan fingerprint density at radius 3 is 1.20 bits per heavy atom. The Hall–Kier alpha value is 3.80. The first kappa shape index (κ1) is 37.1. The number of hydrogen-bond acceptors (Lipinski definition) is 0. The molecule has 0 amide bonds. The van der Waals surface area contributed by atoms with Gasteiger partial charge in [0.1, 0.15) is 0 Å². The number of rotatable bonds is 0. The van der Waals surface area contributed by atoms with Gasteiger partial charge in [0.05, 0.1) is 0 Å². The van der Waals surface area contributed by atoms with Gasteiger partial charge in [0, 0.05) is 17.4 Å². The maximum absolute atomic E-state index is 0. The van der Waals surface area contributed by atoms with E-state index in [0.29, 0.717) is 0 Å². The van der Waals surface area contributed by atoms with Gasteiger partial charge in [0.2, 0.25) is 0 Å². The third-order valence-electron chi connectivity index (χ3n) is 0. The van der Waals surface area contributed by atoms with E-state index in [-0.39, 0.29) is 118 Å².